The Balaban J connectivity index is 1.78. The molecule has 4 nitrogen and oxygen atoms in total. The highest BCUT2D eigenvalue weighted by Crippen LogP contribution is 2.25. The Labute approximate surface area is 155 Å². The summed E-state index contributed by atoms with van der Waals surface area (Å²) in [6.07, 6.45) is 1.57. The van der Waals surface area contributed by atoms with Crippen LogP contribution in [0.2, 0.25) is 10.0 Å². The number of carbonyl (C=O) groups is 1. The van der Waals surface area contributed by atoms with Gasteiger partial charge in [-0.15, -0.1) is 0 Å². The molecule has 0 fully saturated rings. The fourth-order valence-electron chi connectivity index (χ4n) is 2.31. The molecule has 2 aromatic carbocycles. The fraction of sp³-hybridized carbons (Fsp3) is 0.105. The SMILES string of the molecule is O=C(COc1ccccc1Cl)N(Cc1ccco1)c1cccc(Cl)c1. The van der Waals surface area contributed by atoms with Crippen molar-refractivity contribution in [2.45, 2.75) is 6.54 Å². The van der Waals surface area contributed by atoms with Gasteiger partial charge in [0.2, 0.25) is 0 Å². The summed E-state index contributed by atoms with van der Waals surface area (Å²) in [5, 5.41) is 0.998. The number of ether oxygens (including phenoxy) is 1. The molecule has 0 radical (unpaired) electrons. The smallest absolute Gasteiger partial charge is 0.265 e. The van der Waals surface area contributed by atoms with Crippen molar-refractivity contribution in [1.82, 2.24) is 0 Å². The van der Waals surface area contributed by atoms with Gasteiger partial charge < -0.3 is 14.1 Å². The number of rotatable bonds is 6. The lowest BCUT2D eigenvalue weighted by Crippen LogP contribution is -2.34. The number of para-hydroxylation sites is 1. The Morgan fingerprint density at radius 3 is 2.60 bits per heavy atom. The van der Waals surface area contributed by atoms with E-state index in [9.17, 15) is 4.79 Å². The third-order valence-electron chi connectivity index (χ3n) is 3.50. The molecule has 3 aromatic rings. The van der Waals surface area contributed by atoms with Crippen molar-refractivity contribution in [1.29, 1.82) is 0 Å². The number of hydrogen-bond acceptors (Lipinski definition) is 3. The number of halogens is 2. The summed E-state index contributed by atoms with van der Waals surface area (Å²) in [5.41, 5.74) is 0.664. The molecular weight excluding hydrogens is 361 g/mol. The van der Waals surface area contributed by atoms with Crippen LogP contribution in [-0.4, -0.2) is 12.5 Å². The zero-order valence-electron chi connectivity index (χ0n) is 13.2. The van der Waals surface area contributed by atoms with Gasteiger partial charge in [0.15, 0.2) is 6.61 Å². The zero-order valence-corrected chi connectivity index (χ0v) is 14.7. The standard InChI is InChI=1S/C19H15Cl2NO3/c20-14-5-3-6-15(11-14)22(12-16-7-4-10-24-16)19(23)13-25-18-9-2-1-8-17(18)21/h1-11H,12-13H2. The number of benzene rings is 2. The van der Waals surface area contributed by atoms with Crippen LogP contribution in [0, 0.1) is 0 Å². The van der Waals surface area contributed by atoms with Crippen LogP contribution in [0.4, 0.5) is 5.69 Å². The summed E-state index contributed by atoms with van der Waals surface area (Å²) in [6.45, 7) is 0.120. The molecule has 6 heteroatoms. The third-order valence-corrected chi connectivity index (χ3v) is 4.05. The lowest BCUT2D eigenvalue weighted by Gasteiger charge is -2.22. The van der Waals surface area contributed by atoms with E-state index in [2.05, 4.69) is 0 Å². The minimum absolute atomic E-state index is 0.156. The monoisotopic (exact) mass is 375 g/mol. The minimum atomic E-state index is -0.237. The second-order valence-electron chi connectivity index (χ2n) is 5.26. The molecule has 0 unspecified atom stereocenters. The Hall–Kier alpha value is -2.43. The molecule has 0 N–H and O–H groups in total. The summed E-state index contributed by atoms with van der Waals surface area (Å²) < 4.78 is 10.9. The van der Waals surface area contributed by atoms with E-state index in [1.54, 1.807) is 65.8 Å². The van der Waals surface area contributed by atoms with E-state index < -0.39 is 0 Å². The number of nitrogens with zero attached hydrogens (tertiary/aromatic N) is 1. The lowest BCUT2D eigenvalue weighted by atomic mass is 10.2. The first-order chi connectivity index (χ1) is 12.1. The first-order valence-electron chi connectivity index (χ1n) is 7.59. The molecule has 25 heavy (non-hydrogen) atoms. The lowest BCUT2D eigenvalue weighted by molar-refractivity contribution is -0.120. The Morgan fingerprint density at radius 1 is 1.04 bits per heavy atom. The summed E-state index contributed by atoms with van der Waals surface area (Å²) in [4.78, 5) is 14.3. The van der Waals surface area contributed by atoms with E-state index in [1.165, 1.54) is 0 Å². The molecule has 1 aromatic heterocycles. The van der Waals surface area contributed by atoms with Crippen molar-refractivity contribution >= 4 is 34.8 Å². The van der Waals surface area contributed by atoms with Gasteiger partial charge in [0.05, 0.1) is 17.8 Å². The maximum Gasteiger partial charge on any atom is 0.265 e. The molecule has 1 amide bonds. The quantitative estimate of drug-likeness (QED) is 0.594. The van der Waals surface area contributed by atoms with E-state index in [-0.39, 0.29) is 19.1 Å². The topological polar surface area (TPSA) is 42.7 Å². The number of furan rings is 1. The zero-order chi connectivity index (χ0) is 17.6. The molecule has 3 rings (SSSR count). The van der Waals surface area contributed by atoms with Crippen molar-refractivity contribution in [3.63, 3.8) is 0 Å². The van der Waals surface area contributed by atoms with Gasteiger partial charge in [-0.1, -0.05) is 41.4 Å². The maximum absolute atomic E-state index is 12.7. The van der Waals surface area contributed by atoms with Crippen LogP contribution in [-0.2, 0) is 11.3 Å². The second-order valence-corrected chi connectivity index (χ2v) is 6.10. The Bertz CT molecular complexity index is 849. The molecule has 0 aliphatic rings. The van der Waals surface area contributed by atoms with Gasteiger partial charge >= 0.3 is 0 Å². The van der Waals surface area contributed by atoms with Gasteiger partial charge in [-0.25, -0.2) is 0 Å². The van der Waals surface area contributed by atoms with Gasteiger partial charge in [-0.3, -0.25) is 4.79 Å². The van der Waals surface area contributed by atoms with Gasteiger partial charge in [0.25, 0.3) is 5.91 Å². The molecule has 0 aliphatic heterocycles. The van der Waals surface area contributed by atoms with Crippen LogP contribution in [0.5, 0.6) is 5.75 Å². The highest BCUT2D eigenvalue weighted by atomic mass is 35.5. The van der Waals surface area contributed by atoms with E-state index in [0.717, 1.165) is 0 Å². The first-order valence-corrected chi connectivity index (χ1v) is 8.35. The highest BCUT2D eigenvalue weighted by molar-refractivity contribution is 6.32. The van der Waals surface area contributed by atoms with E-state index in [4.69, 9.17) is 32.4 Å². The van der Waals surface area contributed by atoms with Gasteiger partial charge in [-0.05, 0) is 42.5 Å². The van der Waals surface area contributed by atoms with Crippen molar-refractivity contribution in [3.05, 3.63) is 82.7 Å². The molecule has 128 valence electrons. The number of hydrogen-bond donors (Lipinski definition) is 0. The second kappa shape index (κ2) is 8.10. The van der Waals surface area contributed by atoms with Crippen LogP contribution in [0.15, 0.2) is 71.3 Å². The van der Waals surface area contributed by atoms with E-state index in [0.29, 0.717) is 27.2 Å². The van der Waals surface area contributed by atoms with Crippen LogP contribution in [0.3, 0.4) is 0 Å². The molecule has 1 heterocycles. The van der Waals surface area contributed by atoms with E-state index >= 15 is 0 Å². The van der Waals surface area contributed by atoms with E-state index in [1.807, 2.05) is 6.07 Å². The molecule has 0 atom stereocenters. The number of anilines is 1. The largest absolute Gasteiger partial charge is 0.482 e. The van der Waals surface area contributed by atoms with Gasteiger partial charge in [-0.2, -0.15) is 0 Å². The predicted molar refractivity (Wildman–Crippen MR) is 98.3 cm³/mol. The highest BCUT2D eigenvalue weighted by Gasteiger charge is 2.19. The molecule has 0 bridgehead atoms. The molecule has 0 spiro atoms. The summed E-state index contributed by atoms with van der Waals surface area (Å²) in [7, 11) is 0. The van der Waals surface area contributed by atoms with Crippen molar-refractivity contribution in [2.24, 2.45) is 0 Å². The van der Waals surface area contributed by atoms with Crippen molar-refractivity contribution in [3.8, 4) is 5.75 Å². The molecule has 0 saturated heterocycles. The summed E-state index contributed by atoms with van der Waals surface area (Å²) in [6, 6.07) is 17.7. The van der Waals surface area contributed by atoms with Gasteiger partial charge in [0, 0.05) is 10.7 Å². The maximum atomic E-state index is 12.7. The predicted octanol–water partition coefficient (Wildman–Crippen LogP) is 5.20. The van der Waals surface area contributed by atoms with Crippen LogP contribution in [0.25, 0.3) is 0 Å². The van der Waals surface area contributed by atoms with Gasteiger partial charge in [0.1, 0.15) is 11.5 Å². The van der Waals surface area contributed by atoms with Crippen LogP contribution < -0.4 is 9.64 Å². The normalized spacial score (nSPS) is 10.5. The Kier molecular flexibility index (Phi) is 5.64. The first kappa shape index (κ1) is 17.4. The number of amides is 1. The fourth-order valence-corrected chi connectivity index (χ4v) is 2.68. The average Bonchev–Trinajstić information content (AvgIpc) is 3.12. The molecule has 0 aliphatic carbocycles. The van der Waals surface area contributed by atoms with Crippen LogP contribution in [0.1, 0.15) is 5.76 Å². The number of carbonyl (C=O) groups excluding carboxylic acids is 1. The van der Waals surface area contributed by atoms with Crippen molar-refractivity contribution < 1.29 is 13.9 Å². The average molecular weight is 376 g/mol. The minimum Gasteiger partial charge on any atom is -0.482 e. The van der Waals surface area contributed by atoms with Crippen LogP contribution >= 0.6 is 23.2 Å². The molecule has 0 saturated carbocycles. The van der Waals surface area contributed by atoms with Crippen molar-refractivity contribution in [2.75, 3.05) is 11.5 Å². The summed E-state index contributed by atoms with van der Waals surface area (Å²) >= 11 is 12.1. The molecular formula is C19H15Cl2NO3. The Morgan fingerprint density at radius 2 is 1.88 bits per heavy atom. The summed E-state index contributed by atoms with van der Waals surface area (Å²) in [5.74, 6) is 0.881. The third kappa shape index (κ3) is 4.56.